The number of carbonyl (C=O) groups is 1. The van der Waals surface area contributed by atoms with Gasteiger partial charge in [-0.05, 0) is 45.7 Å². The van der Waals surface area contributed by atoms with Crippen LogP contribution in [-0.4, -0.2) is 32.2 Å². The molecule has 158 valence electrons. The van der Waals surface area contributed by atoms with Crippen molar-refractivity contribution in [1.29, 1.82) is 0 Å². The first-order valence-electron chi connectivity index (χ1n) is 8.98. The fourth-order valence-electron chi connectivity index (χ4n) is 3.10. The normalized spacial score (nSPS) is 21.2. The topological polar surface area (TPSA) is 84.5 Å². The van der Waals surface area contributed by atoms with E-state index in [4.69, 9.17) is 4.74 Å². The van der Waals surface area contributed by atoms with E-state index in [0.717, 1.165) is 24.6 Å². The lowest BCUT2D eigenvalue weighted by Crippen LogP contribution is -2.53. The molecule has 0 unspecified atom stereocenters. The molecule has 1 saturated carbocycles. The molecule has 2 atom stereocenters. The first kappa shape index (κ1) is 22.5. The highest BCUT2D eigenvalue weighted by atomic mass is 32.2. The third-order valence-corrected chi connectivity index (χ3v) is 5.80. The van der Waals surface area contributed by atoms with E-state index in [1.54, 1.807) is 20.8 Å². The SMILES string of the molecule is CC(C)(C)OC(=O)N[C@@H]1CCCC[C@@H]1NS(=O)(=O)c1ccccc1C(F)(F)F. The zero-order chi connectivity index (χ0) is 21.2. The van der Waals surface area contributed by atoms with E-state index < -0.39 is 50.4 Å². The molecule has 1 aliphatic carbocycles. The number of alkyl carbamates (subject to hydrolysis) is 1. The molecule has 28 heavy (non-hydrogen) atoms. The van der Waals surface area contributed by atoms with Gasteiger partial charge in [0, 0.05) is 12.1 Å². The first-order valence-corrected chi connectivity index (χ1v) is 10.5. The molecular weight excluding hydrogens is 397 g/mol. The molecule has 1 aromatic carbocycles. The first-order chi connectivity index (χ1) is 12.8. The number of halogens is 3. The van der Waals surface area contributed by atoms with Crippen LogP contribution in [0.5, 0.6) is 0 Å². The molecule has 1 amide bonds. The highest BCUT2D eigenvalue weighted by Crippen LogP contribution is 2.34. The molecule has 0 heterocycles. The van der Waals surface area contributed by atoms with Crippen LogP contribution in [0.2, 0.25) is 0 Å². The molecule has 0 radical (unpaired) electrons. The molecule has 6 nitrogen and oxygen atoms in total. The number of alkyl halides is 3. The Balaban J connectivity index is 2.21. The summed E-state index contributed by atoms with van der Waals surface area (Å²) in [7, 11) is -4.44. The van der Waals surface area contributed by atoms with Gasteiger partial charge in [-0.2, -0.15) is 13.2 Å². The number of hydrogen-bond donors (Lipinski definition) is 2. The maximum Gasteiger partial charge on any atom is 0.417 e. The molecule has 0 aliphatic heterocycles. The summed E-state index contributed by atoms with van der Waals surface area (Å²) in [6.07, 6.45) is -3.15. The lowest BCUT2D eigenvalue weighted by atomic mass is 9.91. The third kappa shape index (κ3) is 6.10. The second-order valence-corrected chi connectivity index (χ2v) is 9.44. The van der Waals surface area contributed by atoms with Crippen molar-refractivity contribution >= 4 is 16.1 Å². The fourth-order valence-corrected chi connectivity index (χ4v) is 4.64. The van der Waals surface area contributed by atoms with Gasteiger partial charge in [-0.3, -0.25) is 0 Å². The van der Waals surface area contributed by atoms with Crippen LogP contribution in [0.1, 0.15) is 52.0 Å². The van der Waals surface area contributed by atoms with Gasteiger partial charge in [0.15, 0.2) is 0 Å². The minimum absolute atomic E-state index is 0.397. The van der Waals surface area contributed by atoms with Gasteiger partial charge < -0.3 is 10.1 Å². The Hall–Kier alpha value is -1.81. The third-order valence-electron chi connectivity index (χ3n) is 4.26. The minimum Gasteiger partial charge on any atom is -0.444 e. The van der Waals surface area contributed by atoms with Gasteiger partial charge in [-0.25, -0.2) is 17.9 Å². The molecule has 1 aliphatic rings. The van der Waals surface area contributed by atoms with E-state index in [-0.39, 0.29) is 0 Å². The van der Waals surface area contributed by atoms with Crippen LogP contribution in [0, 0.1) is 0 Å². The predicted molar refractivity (Wildman–Crippen MR) is 97.2 cm³/mol. The molecule has 0 bridgehead atoms. The molecule has 1 aromatic rings. The van der Waals surface area contributed by atoms with Gasteiger partial charge in [-0.15, -0.1) is 0 Å². The van der Waals surface area contributed by atoms with Crippen molar-refractivity contribution in [3.05, 3.63) is 29.8 Å². The smallest absolute Gasteiger partial charge is 0.417 e. The zero-order valence-corrected chi connectivity index (χ0v) is 16.8. The monoisotopic (exact) mass is 422 g/mol. The van der Waals surface area contributed by atoms with Crippen molar-refractivity contribution in [3.63, 3.8) is 0 Å². The molecule has 2 rings (SSSR count). The van der Waals surface area contributed by atoms with Gasteiger partial charge >= 0.3 is 12.3 Å². The molecule has 10 heteroatoms. The number of hydrogen-bond acceptors (Lipinski definition) is 4. The van der Waals surface area contributed by atoms with Crippen molar-refractivity contribution in [2.45, 2.75) is 75.2 Å². The van der Waals surface area contributed by atoms with Crippen LogP contribution in [-0.2, 0) is 20.9 Å². The summed E-state index contributed by atoms with van der Waals surface area (Å²) in [5.74, 6) is 0. The van der Waals surface area contributed by atoms with E-state index in [1.807, 2.05) is 0 Å². The van der Waals surface area contributed by atoms with Crippen molar-refractivity contribution < 1.29 is 31.1 Å². The number of sulfonamides is 1. The summed E-state index contributed by atoms with van der Waals surface area (Å²) < 4.78 is 72.5. The average Bonchev–Trinajstić information content (AvgIpc) is 2.54. The maximum absolute atomic E-state index is 13.2. The molecule has 0 saturated heterocycles. The number of benzene rings is 1. The average molecular weight is 422 g/mol. The van der Waals surface area contributed by atoms with Crippen LogP contribution < -0.4 is 10.0 Å². The van der Waals surface area contributed by atoms with Gasteiger partial charge in [-0.1, -0.05) is 25.0 Å². The van der Waals surface area contributed by atoms with E-state index >= 15 is 0 Å². The highest BCUT2D eigenvalue weighted by molar-refractivity contribution is 7.89. The Morgan fingerprint density at radius 2 is 1.64 bits per heavy atom. The van der Waals surface area contributed by atoms with Gasteiger partial charge in [0.2, 0.25) is 10.0 Å². The number of amides is 1. The fraction of sp³-hybridized carbons (Fsp3) is 0.611. The quantitative estimate of drug-likeness (QED) is 0.773. The van der Waals surface area contributed by atoms with Crippen LogP contribution in [0.4, 0.5) is 18.0 Å². The van der Waals surface area contributed by atoms with E-state index in [9.17, 15) is 26.4 Å². The number of ether oxygens (including phenoxy) is 1. The summed E-state index contributed by atoms with van der Waals surface area (Å²) in [6.45, 7) is 5.09. The Morgan fingerprint density at radius 1 is 1.07 bits per heavy atom. The minimum atomic E-state index is -4.80. The predicted octanol–water partition coefficient (Wildman–Crippen LogP) is 3.82. The second kappa shape index (κ2) is 8.28. The molecule has 0 spiro atoms. The van der Waals surface area contributed by atoms with E-state index in [0.29, 0.717) is 19.3 Å². The lowest BCUT2D eigenvalue weighted by Gasteiger charge is -2.33. The van der Waals surface area contributed by atoms with E-state index in [2.05, 4.69) is 10.0 Å². The number of carbonyl (C=O) groups excluding carboxylic acids is 1. The summed E-state index contributed by atoms with van der Waals surface area (Å²) >= 11 is 0. The Bertz CT molecular complexity index is 804. The Kier molecular flexibility index (Phi) is 6.65. The maximum atomic E-state index is 13.2. The van der Waals surface area contributed by atoms with Crippen molar-refractivity contribution in [1.82, 2.24) is 10.0 Å². The standard InChI is InChI=1S/C18H25F3N2O4S/c1-17(2,3)27-16(24)22-13-9-5-6-10-14(13)23-28(25,26)15-11-7-4-8-12(15)18(19,20)21/h4,7-8,11,13-14,23H,5-6,9-10H2,1-3H3,(H,22,24)/t13-,14+/m1/s1. The number of nitrogens with one attached hydrogen (secondary N) is 2. The highest BCUT2D eigenvalue weighted by Gasteiger charge is 2.38. The van der Waals surface area contributed by atoms with Crippen LogP contribution in [0.3, 0.4) is 0 Å². The Labute approximate surface area is 162 Å². The zero-order valence-electron chi connectivity index (χ0n) is 16.0. The Morgan fingerprint density at radius 3 is 2.21 bits per heavy atom. The molecule has 1 fully saturated rings. The van der Waals surface area contributed by atoms with Crippen LogP contribution >= 0.6 is 0 Å². The van der Waals surface area contributed by atoms with Crippen LogP contribution in [0.25, 0.3) is 0 Å². The molecule has 2 N–H and O–H groups in total. The largest absolute Gasteiger partial charge is 0.444 e. The summed E-state index contributed by atoms with van der Waals surface area (Å²) in [5.41, 5.74) is -1.95. The summed E-state index contributed by atoms with van der Waals surface area (Å²) in [6, 6.07) is 2.72. The lowest BCUT2D eigenvalue weighted by molar-refractivity contribution is -0.139. The molecule has 0 aromatic heterocycles. The second-order valence-electron chi connectivity index (χ2n) is 7.76. The van der Waals surface area contributed by atoms with Gasteiger partial charge in [0.05, 0.1) is 10.5 Å². The van der Waals surface area contributed by atoms with Crippen molar-refractivity contribution in [3.8, 4) is 0 Å². The van der Waals surface area contributed by atoms with Gasteiger partial charge in [0.1, 0.15) is 5.60 Å². The summed E-state index contributed by atoms with van der Waals surface area (Å²) in [5, 5.41) is 2.63. The van der Waals surface area contributed by atoms with Crippen LogP contribution in [0.15, 0.2) is 29.2 Å². The van der Waals surface area contributed by atoms with Crippen molar-refractivity contribution in [2.75, 3.05) is 0 Å². The van der Waals surface area contributed by atoms with Crippen molar-refractivity contribution in [2.24, 2.45) is 0 Å². The number of rotatable bonds is 4. The molecular formula is C18H25F3N2O4S. The summed E-state index contributed by atoms with van der Waals surface area (Å²) in [4.78, 5) is 11.2. The van der Waals surface area contributed by atoms with E-state index in [1.165, 1.54) is 6.07 Å². The van der Waals surface area contributed by atoms with Gasteiger partial charge in [0.25, 0.3) is 0 Å².